The summed E-state index contributed by atoms with van der Waals surface area (Å²) < 4.78 is 19.3. The molecule has 2 amide bonds. The van der Waals surface area contributed by atoms with Crippen LogP contribution >= 0.6 is 11.6 Å². The zero-order valence-electron chi connectivity index (χ0n) is 17.0. The number of rotatable bonds is 8. The summed E-state index contributed by atoms with van der Waals surface area (Å²) >= 11 is 6.08. The molecule has 0 aliphatic heterocycles. The molecule has 5 nitrogen and oxygen atoms in total. The second-order valence-corrected chi connectivity index (χ2v) is 7.49. The van der Waals surface area contributed by atoms with E-state index in [1.807, 2.05) is 26.0 Å². The Morgan fingerprint density at radius 1 is 1.14 bits per heavy atom. The van der Waals surface area contributed by atoms with E-state index in [9.17, 15) is 14.0 Å². The average molecular weight is 421 g/mol. The van der Waals surface area contributed by atoms with Gasteiger partial charge >= 0.3 is 0 Å². The third kappa shape index (κ3) is 6.19. The molecule has 0 aliphatic carbocycles. The predicted molar refractivity (Wildman–Crippen MR) is 111 cm³/mol. The number of halogens is 2. The maximum absolute atomic E-state index is 14.2. The highest BCUT2D eigenvalue weighted by Gasteiger charge is 2.27. The van der Waals surface area contributed by atoms with E-state index in [0.29, 0.717) is 5.75 Å². The first-order valence-electron chi connectivity index (χ1n) is 9.38. The summed E-state index contributed by atoms with van der Waals surface area (Å²) in [6.07, 6.45) is -0.235. The van der Waals surface area contributed by atoms with Crippen LogP contribution in [-0.4, -0.2) is 35.9 Å². The lowest BCUT2D eigenvalue weighted by Gasteiger charge is -2.29. The van der Waals surface area contributed by atoms with Crippen molar-refractivity contribution in [2.24, 2.45) is 0 Å². The molecule has 2 rings (SSSR count). The van der Waals surface area contributed by atoms with Crippen molar-refractivity contribution in [3.05, 3.63) is 64.4 Å². The fraction of sp³-hybridized carbons (Fsp3) is 0.364. The maximum Gasteiger partial charge on any atom is 0.242 e. The zero-order valence-corrected chi connectivity index (χ0v) is 17.8. The third-order valence-corrected chi connectivity index (χ3v) is 4.85. The number of benzene rings is 2. The molecule has 0 saturated heterocycles. The first kappa shape index (κ1) is 22.7. The molecule has 0 aromatic heterocycles. The van der Waals surface area contributed by atoms with Gasteiger partial charge in [0.25, 0.3) is 0 Å². The van der Waals surface area contributed by atoms with Crippen LogP contribution in [0.4, 0.5) is 4.39 Å². The monoisotopic (exact) mass is 420 g/mol. The van der Waals surface area contributed by atoms with Crippen LogP contribution in [0.5, 0.6) is 5.75 Å². The minimum atomic E-state index is -0.738. The summed E-state index contributed by atoms with van der Waals surface area (Å²) in [4.78, 5) is 27.1. The molecule has 29 heavy (non-hydrogen) atoms. The van der Waals surface area contributed by atoms with Gasteiger partial charge in [0.1, 0.15) is 17.6 Å². The SMILES string of the molecule is COc1ccc(CN(C(=O)Cc2c(F)cccc2Cl)[C@H](C)C(=O)NC(C)C)cc1. The second kappa shape index (κ2) is 10.3. The van der Waals surface area contributed by atoms with E-state index in [0.717, 1.165) is 5.56 Å². The van der Waals surface area contributed by atoms with E-state index in [1.165, 1.54) is 23.1 Å². The number of nitrogens with one attached hydrogen (secondary N) is 1. The van der Waals surface area contributed by atoms with Gasteiger partial charge in [-0.05, 0) is 50.6 Å². The van der Waals surface area contributed by atoms with Gasteiger partial charge < -0.3 is 15.0 Å². The van der Waals surface area contributed by atoms with Gasteiger partial charge in [-0.2, -0.15) is 0 Å². The van der Waals surface area contributed by atoms with Crippen LogP contribution in [0.15, 0.2) is 42.5 Å². The molecule has 1 N–H and O–H groups in total. The Morgan fingerprint density at radius 2 is 1.79 bits per heavy atom. The van der Waals surface area contributed by atoms with E-state index in [2.05, 4.69) is 5.32 Å². The Labute approximate surface area is 175 Å². The molecule has 2 aromatic rings. The third-order valence-electron chi connectivity index (χ3n) is 4.50. The molecule has 0 saturated carbocycles. The Hall–Kier alpha value is -2.60. The molecule has 7 heteroatoms. The van der Waals surface area contributed by atoms with Gasteiger partial charge in [0, 0.05) is 23.2 Å². The molecule has 0 aliphatic rings. The molecule has 0 spiro atoms. The summed E-state index contributed by atoms with van der Waals surface area (Å²) in [6, 6.07) is 10.7. The van der Waals surface area contributed by atoms with Crippen LogP contribution < -0.4 is 10.1 Å². The van der Waals surface area contributed by atoms with Crippen LogP contribution in [0.1, 0.15) is 31.9 Å². The van der Waals surface area contributed by atoms with Gasteiger partial charge in [0.15, 0.2) is 0 Å². The van der Waals surface area contributed by atoms with Crippen molar-refractivity contribution in [2.75, 3.05) is 7.11 Å². The Balaban J connectivity index is 2.29. The van der Waals surface area contributed by atoms with E-state index in [-0.39, 0.29) is 41.4 Å². The molecule has 0 fully saturated rings. The molecule has 0 radical (unpaired) electrons. The minimum Gasteiger partial charge on any atom is -0.497 e. The van der Waals surface area contributed by atoms with Crippen molar-refractivity contribution in [1.29, 1.82) is 0 Å². The molecule has 1 atom stereocenters. The van der Waals surface area contributed by atoms with Crippen molar-refractivity contribution < 1.29 is 18.7 Å². The average Bonchev–Trinajstić information content (AvgIpc) is 2.68. The van der Waals surface area contributed by atoms with Crippen molar-refractivity contribution in [3.63, 3.8) is 0 Å². The molecular weight excluding hydrogens is 395 g/mol. The highest BCUT2D eigenvalue weighted by atomic mass is 35.5. The van der Waals surface area contributed by atoms with Gasteiger partial charge in [-0.1, -0.05) is 29.8 Å². The normalized spacial score (nSPS) is 11.8. The Bertz CT molecular complexity index is 835. The van der Waals surface area contributed by atoms with E-state index < -0.39 is 11.9 Å². The highest BCUT2D eigenvalue weighted by Crippen LogP contribution is 2.22. The number of amides is 2. The van der Waals surface area contributed by atoms with Crippen LogP contribution in [0.25, 0.3) is 0 Å². The fourth-order valence-electron chi connectivity index (χ4n) is 2.87. The summed E-state index contributed by atoms with van der Waals surface area (Å²) in [6.45, 7) is 5.54. The molecule has 2 aromatic carbocycles. The quantitative estimate of drug-likeness (QED) is 0.702. The number of ether oxygens (including phenoxy) is 1. The van der Waals surface area contributed by atoms with Crippen molar-refractivity contribution >= 4 is 23.4 Å². The maximum atomic E-state index is 14.2. The Kier molecular flexibility index (Phi) is 8.02. The van der Waals surface area contributed by atoms with Gasteiger partial charge in [-0.3, -0.25) is 9.59 Å². The van der Waals surface area contributed by atoms with E-state index >= 15 is 0 Å². The van der Waals surface area contributed by atoms with Crippen molar-refractivity contribution in [2.45, 2.75) is 45.8 Å². The lowest BCUT2D eigenvalue weighted by atomic mass is 10.1. The standard InChI is InChI=1S/C22H26ClFN2O3/c1-14(2)25-22(28)15(3)26(13-16-8-10-17(29-4)11-9-16)21(27)12-18-19(23)6-5-7-20(18)24/h5-11,14-15H,12-13H2,1-4H3,(H,25,28)/t15-/m1/s1. The van der Waals surface area contributed by atoms with Gasteiger partial charge in [-0.25, -0.2) is 4.39 Å². The number of carbonyl (C=O) groups excluding carboxylic acids is 2. The molecule has 0 heterocycles. The van der Waals surface area contributed by atoms with Crippen LogP contribution in [0.3, 0.4) is 0 Å². The van der Waals surface area contributed by atoms with Gasteiger partial charge in [0.05, 0.1) is 13.5 Å². The number of carbonyl (C=O) groups is 2. The van der Waals surface area contributed by atoms with E-state index in [4.69, 9.17) is 16.3 Å². The lowest BCUT2D eigenvalue weighted by molar-refractivity contribution is -0.140. The van der Waals surface area contributed by atoms with Crippen LogP contribution in [0, 0.1) is 5.82 Å². The van der Waals surface area contributed by atoms with Crippen molar-refractivity contribution in [1.82, 2.24) is 10.2 Å². The highest BCUT2D eigenvalue weighted by molar-refractivity contribution is 6.31. The lowest BCUT2D eigenvalue weighted by Crippen LogP contribution is -2.49. The zero-order chi connectivity index (χ0) is 21.6. The molecule has 156 valence electrons. The van der Waals surface area contributed by atoms with Crippen molar-refractivity contribution in [3.8, 4) is 5.75 Å². The fourth-order valence-corrected chi connectivity index (χ4v) is 3.10. The van der Waals surface area contributed by atoms with Gasteiger partial charge in [-0.15, -0.1) is 0 Å². The summed E-state index contributed by atoms with van der Waals surface area (Å²) in [5, 5.41) is 3.00. The van der Waals surface area contributed by atoms with Gasteiger partial charge in [0.2, 0.25) is 11.8 Å². The summed E-state index contributed by atoms with van der Waals surface area (Å²) in [5.74, 6) is -0.523. The first-order chi connectivity index (χ1) is 13.7. The number of methoxy groups -OCH3 is 1. The Morgan fingerprint density at radius 3 is 2.34 bits per heavy atom. The minimum absolute atomic E-state index is 0.0658. The number of hydrogen-bond acceptors (Lipinski definition) is 3. The number of nitrogens with zero attached hydrogens (tertiary/aromatic N) is 1. The first-order valence-corrected chi connectivity index (χ1v) is 9.76. The topological polar surface area (TPSA) is 58.6 Å². The predicted octanol–water partition coefficient (Wildman–Crippen LogP) is 3.97. The molecule has 0 bridgehead atoms. The summed E-state index contributed by atoms with van der Waals surface area (Å²) in [5.41, 5.74) is 0.943. The smallest absolute Gasteiger partial charge is 0.242 e. The molecular formula is C22H26ClFN2O3. The van der Waals surface area contributed by atoms with E-state index in [1.54, 1.807) is 26.2 Å². The largest absolute Gasteiger partial charge is 0.497 e. The number of hydrogen-bond donors (Lipinski definition) is 1. The second-order valence-electron chi connectivity index (χ2n) is 7.09. The molecule has 0 unspecified atom stereocenters. The van der Waals surface area contributed by atoms with Crippen LogP contribution in [-0.2, 0) is 22.6 Å². The van der Waals surface area contributed by atoms with Crippen LogP contribution in [0.2, 0.25) is 5.02 Å². The summed E-state index contributed by atoms with van der Waals surface area (Å²) in [7, 11) is 1.57.